The van der Waals surface area contributed by atoms with Gasteiger partial charge >= 0.3 is 0 Å². The summed E-state index contributed by atoms with van der Waals surface area (Å²) in [7, 11) is 0. The summed E-state index contributed by atoms with van der Waals surface area (Å²) < 4.78 is 0. The number of nitrogens with zero attached hydrogens (tertiary/aromatic N) is 1. The third kappa shape index (κ3) is 3.51. The van der Waals surface area contributed by atoms with E-state index in [4.69, 9.17) is 5.73 Å². The minimum absolute atomic E-state index is 0. The SMILES string of the molecule is Cl.NC(=O)C1CCCN(C(=O)C2CC3CCCCC3N2)C1. The summed E-state index contributed by atoms with van der Waals surface area (Å²) in [5.41, 5.74) is 5.39. The van der Waals surface area contributed by atoms with E-state index in [1.165, 1.54) is 25.7 Å². The Labute approximate surface area is 132 Å². The van der Waals surface area contributed by atoms with Crippen molar-refractivity contribution in [3.05, 3.63) is 0 Å². The van der Waals surface area contributed by atoms with Gasteiger partial charge in [-0.15, -0.1) is 12.4 Å². The molecule has 0 aromatic carbocycles. The number of halogens is 1. The highest BCUT2D eigenvalue weighted by atomic mass is 35.5. The lowest BCUT2D eigenvalue weighted by molar-refractivity contribution is -0.136. The summed E-state index contributed by atoms with van der Waals surface area (Å²) in [6.45, 7) is 1.29. The standard InChI is InChI=1S/C15H25N3O2.ClH/c16-14(19)11-5-3-7-18(9-11)15(20)13-8-10-4-1-2-6-12(10)17-13;/h10-13,17H,1-9H2,(H2,16,19);1H. The van der Waals surface area contributed by atoms with E-state index in [0.29, 0.717) is 18.5 Å². The number of piperidine rings is 1. The highest BCUT2D eigenvalue weighted by Crippen LogP contribution is 2.34. The quantitative estimate of drug-likeness (QED) is 0.800. The minimum atomic E-state index is -0.268. The van der Waals surface area contributed by atoms with Crippen LogP contribution in [0.1, 0.15) is 44.9 Å². The Hall–Kier alpha value is -0.810. The van der Waals surface area contributed by atoms with E-state index in [0.717, 1.165) is 25.8 Å². The van der Waals surface area contributed by atoms with Gasteiger partial charge in [-0.3, -0.25) is 9.59 Å². The van der Waals surface area contributed by atoms with Crippen LogP contribution in [0.15, 0.2) is 0 Å². The molecule has 3 fully saturated rings. The molecule has 0 bridgehead atoms. The number of carbonyl (C=O) groups is 2. The van der Waals surface area contributed by atoms with Gasteiger partial charge in [0.1, 0.15) is 0 Å². The van der Waals surface area contributed by atoms with Crippen molar-refractivity contribution < 1.29 is 9.59 Å². The van der Waals surface area contributed by atoms with Crippen molar-refractivity contribution in [3.8, 4) is 0 Å². The second-order valence-electron chi connectivity index (χ2n) is 6.63. The van der Waals surface area contributed by atoms with Crippen molar-refractivity contribution in [2.24, 2.45) is 17.6 Å². The molecule has 1 saturated carbocycles. The Bertz CT molecular complexity index is 390. The number of hydrogen-bond acceptors (Lipinski definition) is 3. The Morgan fingerprint density at radius 3 is 2.57 bits per heavy atom. The van der Waals surface area contributed by atoms with Crippen LogP contribution < -0.4 is 11.1 Å². The number of carbonyl (C=O) groups excluding carboxylic acids is 2. The Kier molecular flexibility index (Phi) is 5.49. The number of nitrogens with two attached hydrogens (primary N) is 1. The molecule has 3 N–H and O–H groups in total. The zero-order valence-electron chi connectivity index (χ0n) is 12.4. The average molecular weight is 316 g/mol. The van der Waals surface area contributed by atoms with E-state index in [9.17, 15) is 9.59 Å². The molecule has 2 aliphatic heterocycles. The molecule has 3 rings (SSSR count). The third-order valence-corrected chi connectivity index (χ3v) is 5.30. The van der Waals surface area contributed by atoms with Gasteiger partial charge in [-0.05, 0) is 38.0 Å². The molecule has 2 heterocycles. The molecule has 120 valence electrons. The van der Waals surface area contributed by atoms with Gasteiger partial charge in [0, 0.05) is 19.1 Å². The van der Waals surface area contributed by atoms with Crippen molar-refractivity contribution in [3.63, 3.8) is 0 Å². The van der Waals surface area contributed by atoms with Crippen LogP contribution in [-0.2, 0) is 9.59 Å². The van der Waals surface area contributed by atoms with E-state index < -0.39 is 0 Å². The Morgan fingerprint density at radius 2 is 1.86 bits per heavy atom. The molecule has 3 aliphatic rings. The van der Waals surface area contributed by atoms with Gasteiger partial charge in [0.05, 0.1) is 12.0 Å². The number of amides is 2. The second-order valence-corrected chi connectivity index (χ2v) is 6.63. The van der Waals surface area contributed by atoms with Crippen LogP contribution in [0, 0.1) is 11.8 Å². The molecular formula is C15H26ClN3O2. The first-order chi connectivity index (χ1) is 9.65. The lowest BCUT2D eigenvalue weighted by atomic mass is 9.85. The minimum Gasteiger partial charge on any atom is -0.369 e. The summed E-state index contributed by atoms with van der Waals surface area (Å²) in [4.78, 5) is 25.8. The van der Waals surface area contributed by atoms with Crippen molar-refractivity contribution in [2.75, 3.05) is 13.1 Å². The number of nitrogens with one attached hydrogen (secondary N) is 1. The first kappa shape index (κ1) is 16.6. The van der Waals surface area contributed by atoms with Crippen LogP contribution in [0.2, 0.25) is 0 Å². The van der Waals surface area contributed by atoms with Crippen LogP contribution in [0.4, 0.5) is 0 Å². The topological polar surface area (TPSA) is 75.4 Å². The van der Waals surface area contributed by atoms with E-state index in [-0.39, 0.29) is 36.2 Å². The zero-order chi connectivity index (χ0) is 14.1. The van der Waals surface area contributed by atoms with Crippen molar-refractivity contribution >= 4 is 24.2 Å². The lowest BCUT2D eigenvalue weighted by Crippen LogP contribution is -2.50. The third-order valence-electron chi connectivity index (χ3n) is 5.30. The highest BCUT2D eigenvalue weighted by Gasteiger charge is 2.40. The number of fused-ring (bicyclic) bond motifs is 1. The molecule has 2 saturated heterocycles. The van der Waals surface area contributed by atoms with Crippen LogP contribution in [0.25, 0.3) is 0 Å². The zero-order valence-corrected chi connectivity index (χ0v) is 13.2. The molecular weight excluding hydrogens is 290 g/mol. The molecule has 4 unspecified atom stereocenters. The summed E-state index contributed by atoms with van der Waals surface area (Å²) in [5.74, 6) is 0.437. The van der Waals surface area contributed by atoms with Gasteiger partial charge in [0.2, 0.25) is 11.8 Å². The maximum atomic E-state index is 12.6. The monoisotopic (exact) mass is 315 g/mol. The average Bonchev–Trinajstić information content (AvgIpc) is 2.90. The van der Waals surface area contributed by atoms with Gasteiger partial charge in [-0.25, -0.2) is 0 Å². The predicted molar refractivity (Wildman–Crippen MR) is 83.0 cm³/mol. The molecule has 0 aromatic rings. The van der Waals surface area contributed by atoms with Crippen LogP contribution in [0.3, 0.4) is 0 Å². The van der Waals surface area contributed by atoms with Crippen molar-refractivity contribution in [2.45, 2.75) is 57.0 Å². The first-order valence-electron chi connectivity index (χ1n) is 7.99. The molecule has 0 spiro atoms. The van der Waals surface area contributed by atoms with Crippen LogP contribution in [0.5, 0.6) is 0 Å². The van der Waals surface area contributed by atoms with Gasteiger partial charge in [-0.2, -0.15) is 0 Å². The maximum absolute atomic E-state index is 12.6. The summed E-state index contributed by atoms with van der Waals surface area (Å²) >= 11 is 0. The second kappa shape index (κ2) is 6.97. The van der Waals surface area contributed by atoms with E-state index in [2.05, 4.69) is 5.32 Å². The Balaban J connectivity index is 0.00000161. The molecule has 0 aromatic heterocycles. The number of primary amides is 1. The summed E-state index contributed by atoms with van der Waals surface area (Å²) in [6.07, 6.45) is 7.73. The van der Waals surface area contributed by atoms with E-state index in [1.54, 1.807) is 0 Å². The highest BCUT2D eigenvalue weighted by molar-refractivity contribution is 5.85. The van der Waals surface area contributed by atoms with Crippen molar-refractivity contribution in [1.82, 2.24) is 10.2 Å². The van der Waals surface area contributed by atoms with Gasteiger partial charge in [0.15, 0.2) is 0 Å². The molecule has 21 heavy (non-hydrogen) atoms. The summed E-state index contributed by atoms with van der Waals surface area (Å²) in [5, 5.41) is 3.53. The van der Waals surface area contributed by atoms with Crippen LogP contribution >= 0.6 is 12.4 Å². The van der Waals surface area contributed by atoms with Gasteiger partial charge in [-0.1, -0.05) is 12.8 Å². The van der Waals surface area contributed by atoms with E-state index in [1.807, 2.05) is 4.90 Å². The molecule has 5 nitrogen and oxygen atoms in total. The fourth-order valence-corrected chi connectivity index (χ4v) is 4.14. The predicted octanol–water partition coefficient (Wildman–Crippen LogP) is 1.05. The fourth-order valence-electron chi connectivity index (χ4n) is 4.14. The maximum Gasteiger partial charge on any atom is 0.239 e. The Morgan fingerprint density at radius 1 is 1.10 bits per heavy atom. The fraction of sp³-hybridized carbons (Fsp3) is 0.867. The number of rotatable bonds is 2. The largest absolute Gasteiger partial charge is 0.369 e. The molecule has 0 radical (unpaired) electrons. The first-order valence-corrected chi connectivity index (χ1v) is 7.99. The molecule has 4 atom stereocenters. The molecule has 1 aliphatic carbocycles. The van der Waals surface area contributed by atoms with Gasteiger partial charge in [0.25, 0.3) is 0 Å². The van der Waals surface area contributed by atoms with Gasteiger partial charge < -0.3 is 16.0 Å². The van der Waals surface area contributed by atoms with Crippen LogP contribution in [-0.4, -0.2) is 41.9 Å². The lowest BCUT2D eigenvalue weighted by Gasteiger charge is -2.33. The number of hydrogen-bond donors (Lipinski definition) is 2. The normalized spacial score (nSPS) is 35.7. The van der Waals surface area contributed by atoms with E-state index >= 15 is 0 Å². The number of likely N-dealkylation sites (tertiary alicyclic amines) is 1. The smallest absolute Gasteiger partial charge is 0.239 e. The summed E-state index contributed by atoms with van der Waals surface area (Å²) in [6, 6.07) is 0.504. The molecule has 6 heteroatoms. The molecule has 2 amide bonds. The van der Waals surface area contributed by atoms with Crippen molar-refractivity contribution in [1.29, 1.82) is 0 Å².